The molecular weight excluding hydrogens is 312 g/mol. The quantitative estimate of drug-likeness (QED) is 0.880. The number of pyridine rings is 1. The van der Waals surface area contributed by atoms with E-state index >= 15 is 0 Å². The maximum Gasteiger partial charge on any atom is 0.138 e. The van der Waals surface area contributed by atoms with Crippen molar-refractivity contribution >= 4 is 44.0 Å². The molecular formula is C13H13BrN2OS. The number of ether oxygens (including phenoxy) is 1. The zero-order chi connectivity index (χ0) is 13.3. The number of halogens is 1. The van der Waals surface area contributed by atoms with Gasteiger partial charge in [0.1, 0.15) is 17.3 Å². The summed E-state index contributed by atoms with van der Waals surface area (Å²) in [5, 5.41) is 1.06. The Morgan fingerprint density at radius 3 is 2.83 bits per heavy atom. The highest BCUT2D eigenvalue weighted by Gasteiger charge is 2.10. The first-order chi connectivity index (χ1) is 8.49. The SMILES string of the molecule is Cc1cc(C)c2c(Br)c(OCC(N)=S)ccc2n1. The van der Waals surface area contributed by atoms with E-state index in [-0.39, 0.29) is 6.61 Å². The van der Waals surface area contributed by atoms with Gasteiger partial charge in [-0.3, -0.25) is 4.98 Å². The number of benzene rings is 1. The molecule has 0 aliphatic carbocycles. The average molecular weight is 325 g/mol. The molecule has 0 unspecified atom stereocenters. The summed E-state index contributed by atoms with van der Waals surface area (Å²) in [6.45, 7) is 4.27. The zero-order valence-corrected chi connectivity index (χ0v) is 12.6. The van der Waals surface area contributed by atoms with Crippen molar-refractivity contribution < 1.29 is 4.74 Å². The van der Waals surface area contributed by atoms with Crippen LogP contribution in [0.2, 0.25) is 0 Å². The van der Waals surface area contributed by atoms with Crippen LogP contribution in [0.1, 0.15) is 11.3 Å². The lowest BCUT2D eigenvalue weighted by Gasteiger charge is -2.11. The Morgan fingerprint density at radius 2 is 2.17 bits per heavy atom. The standard InChI is InChI=1S/C13H13BrN2OS/c1-7-5-8(2)16-9-3-4-10(13(14)12(7)9)17-6-11(15)18/h3-5H,6H2,1-2H3,(H2,15,18). The van der Waals surface area contributed by atoms with E-state index in [0.717, 1.165) is 32.4 Å². The molecule has 0 atom stereocenters. The van der Waals surface area contributed by atoms with Gasteiger partial charge in [-0.05, 0) is 53.5 Å². The Hall–Kier alpha value is -1.20. The van der Waals surface area contributed by atoms with E-state index in [1.807, 2.05) is 25.1 Å². The van der Waals surface area contributed by atoms with Gasteiger partial charge in [0.05, 0.1) is 9.99 Å². The van der Waals surface area contributed by atoms with Crippen molar-refractivity contribution in [2.24, 2.45) is 5.73 Å². The second-order valence-electron chi connectivity index (χ2n) is 4.11. The van der Waals surface area contributed by atoms with Gasteiger partial charge >= 0.3 is 0 Å². The van der Waals surface area contributed by atoms with Gasteiger partial charge in [0.25, 0.3) is 0 Å². The molecule has 1 heterocycles. The van der Waals surface area contributed by atoms with Crippen LogP contribution in [0, 0.1) is 13.8 Å². The fourth-order valence-electron chi connectivity index (χ4n) is 1.88. The number of aryl methyl sites for hydroxylation is 2. The van der Waals surface area contributed by atoms with Crippen LogP contribution in [-0.4, -0.2) is 16.6 Å². The molecule has 0 saturated carbocycles. The highest BCUT2D eigenvalue weighted by molar-refractivity contribution is 9.10. The van der Waals surface area contributed by atoms with Crippen LogP contribution >= 0.6 is 28.1 Å². The van der Waals surface area contributed by atoms with Crippen molar-refractivity contribution in [3.63, 3.8) is 0 Å². The minimum atomic E-state index is 0.234. The van der Waals surface area contributed by atoms with Gasteiger partial charge < -0.3 is 10.5 Å². The summed E-state index contributed by atoms with van der Waals surface area (Å²) < 4.78 is 6.44. The van der Waals surface area contributed by atoms with Crippen LogP contribution < -0.4 is 10.5 Å². The lowest BCUT2D eigenvalue weighted by Crippen LogP contribution is -2.18. The molecule has 3 nitrogen and oxygen atoms in total. The van der Waals surface area contributed by atoms with Gasteiger partial charge in [-0.1, -0.05) is 12.2 Å². The first kappa shape index (κ1) is 13.2. The first-order valence-electron chi connectivity index (χ1n) is 5.46. The number of hydrogen-bond donors (Lipinski definition) is 1. The molecule has 0 fully saturated rings. The molecule has 0 saturated heterocycles. The van der Waals surface area contributed by atoms with E-state index in [2.05, 4.69) is 27.8 Å². The van der Waals surface area contributed by atoms with Gasteiger partial charge in [0.2, 0.25) is 0 Å². The first-order valence-corrected chi connectivity index (χ1v) is 6.66. The van der Waals surface area contributed by atoms with Crippen LogP contribution in [-0.2, 0) is 0 Å². The normalized spacial score (nSPS) is 10.6. The number of aromatic nitrogens is 1. The molecule has 2 N–H and O–H groups in total. The van der Waals surface area contributed by atoms with E-state index in [1.165, 1.54) is 0 Å². The summed E-state index contributed by atoms with van der Waals surface area (Å²) in [6.07, 6.45) is 0. The predicted octanol–water partition coefficient (Wildman–Crippen LogP) is 3.28. The fraction of sp³-hybridized carbons (Fsp3) is 0.231. The second kappa shape index (κ2) is 5.20. The third-order valence-electron chi connectivity index (χ3n) is 2.57. The van der Waals surface area contributed by atoms with E-state index in [9.17, 15) is 0 Å². The zero-order valence-electron chi connectivity index (χ0n) is 10.2. The smallest absolute Gasteiger partial charge is 0.138 e. The van der Waals surface area contributed by atoms with Crippen molar-refractivity contribution in [3.05, 3.63) is 33.9 Å². The summed E-state index contributed by atoms with van der Waals surface area (Å²) in [5.74, 6) is 0.726. The van der Waals surface area contributed by atoms with Gasteiger partial charge in [-0.25, -0.2) is 0 Å². The minimum Gasteiger partial charge on any atom is -0.485 e. The van der Waals surface area contributed by atoms with Crippen molar-refractivity contribution in [1.82, 2.24) is 4.98 Å². The monoisotopic (exact) mass is 324 g/mol. The molecule has 0 spiro atoms. The van der Waals surface area contributed by atoms with Crippen molar-refractivity contribution in [1.29, 1.82) is 0 Å². The van der Waals surface area contributed by atoms with E-state index in [1.54, 1.807) is 0 Å². The molecule has 5 heteroatoms. The van der Waals surface area contributed by atoms with Gasteiger partial charge in [-0.15, -0.1) is 0 Å². The summed E-state index contributed by atoms with van der Waals surface area (Å²) in [6, 6.07) is 5.86. The van der Waals surface area contributed by atoms with Crippen molar-refractivity contribution in [3.8, 4) is 5.75 Å². The highest BCUT2D eigenvalue weighted by atomic mass is 79.9. The van der Waals surface area contributed by atoms with E-state index in [4.69, 9.17) is 22.7 Å². The Bertz CT molecular complexity index is 628. The fourth-order valence-corrected chi connectivity index (χ4v) is 2.70. The molecule has 0 radical (unpaired) electrons. The molecule has 0 bridgehead atoms. The van der Waals surface area contributed by atoms with Crippen molar-refractivity contribution in [2.75, 3.05) is 6.61 Å². The molecule has 1 aromatic carbocycles. The number of nitrogens with two attached hydrogens (primary N) is 1. The molecule has 1 aromatic heterocycles. The molecule has 2 rings (SSSR count). The van der Waals surface area contributed by atoms with E-state index < -0.39 is 0 Å². The molecule has 0 aliphatic heterocycles. The van der Waals surface area contributed by atoms with Gasteiger partial charge in [0, 0.05) is 11.1 Å². The van der Waals surface area contributed by atoms with Gasteiger partial charge in [-0.2, -0.15) is 0 Å². The topological polar surface area (TPSA) is 48.1 Å². The highest BCUT2D eigenvalue weighted by Crippen LogP contribution is 2.34. The van der Waals surface area contributed by atoms with Crippen LogP contribution in [0.25, 0.3) is 10.9 Å². The van der Waals surface area contributed by atoms with Crippen LogP contribution in [0.3, 0.4) is 0 Å². The molecule has 18 heavy (non-hydrogen) atoms. The summed E-state index contributed by atoms with van der Waals surface area (Å²) in [7, 11) is 0. The number of thiocarbonyl (C=S) groups is 1. The lowest BCUT2D eigenvalue weighted by molar-refractivity contribution is 0.376. The Kier molecular flexibility index (Phi) is 3.82. The van der Waals surface area contributed by atoms with Crippen LogP contribution in [0.4, 0.5) is 0 Å². The maximum atomic E-state index is 5.55. The third kappa shape index (κ3) is 2.62. The number of nitrogens with zero attached hydrogens (tertiary/aromatic N) is 1. The lowest BCUT2D eigenvalue weighted by atomic mass is 10.1. The number of hydrogen-bond acceptors (Lipinski definition) is 3. The largest absolute Gasteiger partial charge is 0.485 e. The summed E-state index contributed by atoms with van der Waals surface area (Å²) >= 11 is 8.36. The number of rotatable bonds is 3. The molecule has 94 valence electrons. The van der Waals surface area contributed by atoms with Gasteiger partial charge in [0.15, 0.2) is 0 Å². The minimum absolute atomic E-state index is 0.234. The Labute approximate surface area is 119 Å². The second-order valence-corrected chi connectivity index (χ2v) is 5.42. The average Bonchev–Trinajstić information content (AvgIpc) is 2.26. The summed E-state index contributed by atoms with van der Waals surface area (Å²) in [4.78, 5) is 4.83. The third-order valence-corrected chi connectivity index (χ3v) is 3.48. The maximum absolute atomic E-state index is 5.55. The number of fused-ring (bicyclic) bond motifs is 1. The summed E-state index contributed by atoms with van der Waals surface area (Å²) in [5.41, 5.74) is 8.54. The van der Waals surface area contributed by atoms with Crippen LogP contribution in [0.15, 0.2) is 22.7 Å². The Morgan fingerprint density at radius 1 is 1.44 bits per heavy atom. The van der Waals surface area contributed by atoms with Crippen molar-refractivity contribution in [2.45, 2.75) is 13.8 Å². The molecule has 0 amide bonds. The Balaban J connectivity index is 2.53. The molecule has 0 aliphatic rings. The predicted molar refractivity (Wildman–Crippen MR) is 81.2 cm³/mol. The van der Waals surface area contributed by atoms with E-state index in [0.29, 0.717) is 4.99 Å². The molecule has 2 aromatic rings. The van der Waals surface area contributed by atoms with Crippen LogP contribution in [0.5, 0.6) is 5.75 Å².